The van der Waals surface area contributed by atoms with Gasteiger partial charge < -0.3 is 14.5 Å². The molecule has 1 aromatic heterocycles. The van der Waals surface area contributed by atoms with Gasteiger partial charge in [-0.05, 0) is 44.7 Å². The lowest BCUT2D eigenvalue weighted by atomic mass is 10.1. The Morgan fingerprint density at radius 1 is 1.24 bits per heavy atom. The van der Waals surface area contributed by atoms with Crippen LogP contribution in [0, 0.1) is 0 Å². The van der Waals surface area contributed by atoms with E-state index in [0.29, 0.717) is 24.0 Å². The molecule has 1 aliphatic heterocycles. The van der Waals surface area contributed by atoms with Gasteiger partial charge in [0.2, 0.25) is 17.2 Å². The summed E-state index contributed by atoms with van der Waals surface area (Å²) in [6.45, 7) is 7.42. The molecule has 0 N–H and O–H groups in total. The molecule has 0 spiro atoms. The van der Waals surface area contributed by atoms with E-state index in [1.165, 1.54) is 6.42 Å². The van der Waals surface area contributed by atoms with Gasteiger partial charge in [-0.1, -0.05) is 0 Å². The fraction of sp³-hybridized carbons (Fsp3) is 0.786. The van der Waals surface area contributed by atoms with Gasteiger partial charge in [0.15, 0.2) is 0 Å². The number of morpholine rings is 1. The van der Waals surface area contributed by atoms with Crippen molar-refractivity contribution in [2.45, 2.75) is 45.3 Å². The van der Waals surface area contributed by atoms with Crippen LogP contribution in [0.2, 0.25) is 5.28 Å². The first-order chi connectivity index (χ1) is 10.2. The summed E-state index contributed by atoms with van der Waals surface area (Å²) in [5.41, 5.74) is 0. The molecule has 2 aliphatic rings. The summed E-state index contributed by atoms with van der Waals surface area (Å²) in [5, 5.41) is 0.267. The summed E-state index contributed by atoms with van der Waals surface area (Å²) in [5.74, 6) is 1.35. The molecular weight excluding hydrogens is 290 g/mol. The van der Waals surface area contributed by atoms with E-state index in [9.17, 15) is 0 Å². The molecular formula is C14H22ClN5O. The topological polar surface area (TPSA) is 54.4 Å². The van der Waals surface area contributed by atoms with E-state index in [-0.39, 0.29) is 5.28 Å². The van der Waals surface area contributed by atoms with Crippen molar-refractivity contribution >= 4 is 23.5 Å². The van der Waals surface area contributed by atoms with Crippen LogP contribution in [0.4, 0.5) is 11.9 Å². The molecule has 3 rings (SSSR count). The molecule has 2 unspecified atom stereocenters. The van der Waals surface area contributed by atoms with Gasteiger partial charge in [0, 0.05) is 19.6 Å². The maximum atomic E-state index is 6.12. The number of aromatic nitrogens is 3. The molecule has 0 radical (unpaired) electrons. The molecule has 0 amide bonds. The van der Waals surface area contributed by atoms with Gasteiger partial charge in [-0.3, -0.25) is 0 Å². The average Bonchev–Trinajstić information content (AvgIpc) is 2.96. The molecule has 1 saturated heterocycles. The fourth-order valence-electron chi connectivity index (χ4n) is 3.28. The van der Waals surface area contributed by atoms with Gasteiger partial charge in [-0.25, -0.2) is 0 Å². The van der Waals surface area contributed by atoms with Crippen molar-refractivity contribution in [2.24, 2.45) is 0 Å². The largest absolute Gasteiger partial charge is 0.374 e. The van der Waals surface area contributed by atoms with E-state index in [1.807, 2.05) is 0 Å². The third-order valence-electron chi connectivity index (χ3n) is 4.37. The van der Waals surface area contributed by atoms with E-state index >= 15 is 0 Å². The molecule has 0 aromatic carbocycles. The smallest absolute Gasteiger partial charge is 0.231 e. The van der Waals surface area contributed by atoms with E-state index in [4.69, 9.17) is 16.3 Å². The highest BCUT2D eigenvalue weighted by Crippen LogP contribution is 2.32. The van der Waals surface area contributed by atoms with Crippen molar-refractivity contribution in [1.29, 1.82) is 0 Å². The number of fused-ring (bicyclic) bond motifs is 1. The van der Waals surface area contributed by atoms with Gasteiger partial charge in [-0.15, -0.1) is 0 Å². The highest BCUT2D eigenvalue weighted by atomic mass is 35.5. The standard InChI is InChI=1S/C14H22ClN5O/c1-3-19(4-2)13-16-12(15)17-14(18-13)20-8-9-21-11-7-5-6-10(11)20/h10-11H,3-9H2,1-2H3. The van der Waals surface area contributed by atoms with Crippen LogP contribution in [0.15, 0.2) is 0 Å². The van der Waals surface area contributed by atoms with Gasteiger partial charge in [0.05, 0.1) is 18.8 Å². The van der Waals surface area contributed by atoms with Crippen molar-refractivity contribution in [2.75, 3.05) is 36.0 Å². The van der Waals surface area contributed by atoms with Gasteiger partial charge in [0.25, 0.3) is 0 Å². The molecule has 7 heteroatoms. The minimum atomic E-state index is 0.267. The highest BCUT2D eigenvalue weighted by molar-refractivity contribution is 6.28. The Balaban J connectivity index is 1.90. The van der Waals surface area contributed by atoms with Crippen molar-refractivity contribution in [3.05, 3.63) is 5.28 Å². The number of anilines is 2. The lowest BCUT2D eigenvalue weighted by Gasteiger charge is -2.37. The molecule has 6 nitrogen and oxygen atoms in total. The lowest BCUT2D eigenvalue weighted by Crippen LogP contribution is -2.49. The third-order valence-corrected chi connectivity index (χ3v) is 4.54. The number of hydrogen-bond donors (Lipinski definition) is 0. The first kappa shape index (κ1) is 14.8. The molecule has 1 aliphatic carbocycles. The second-order valence-corrected chi connectivity index (χ2v) is 5.82. The lowest BCUT2D eigenvalue weighted by molar-refractivity contribution is 0.0250. The van der Waals surface area contributed by atoms with Crippen molar-refractivity contribution in [3.63, 3.8) is 0 Å². The van der Waals surface area contributed by atoms with Crippen LogP contribution in [0.1, 0.15) is 33.1 Å². The number of hydrogen-bond acceptors (Lipinski definition) is 6. The Morgan fingerprint density at radius 2 is 2.05 bits per heavy atom. The van der Waals surface area contributed by atoms with Crippen LogP contribution < -0.4 is 9.80 Å². The van der Waals surface area contributed by atoms with E-state index in [1.54, 1.807) is 0 Å². The van der Waals surface area contributed by atoms with Crippen molar-refractivity contribution in [1.82, 2.24) is 15.0 Å². The monoisotopic (exact) mass is 311 g/mol. The Labute approximate surface area is 130 Å². The maximum absolute atomic E-state index is 6.12. The number of nitrogens with zero attached hydrogens (tertiary/aromatic N) is 5. The van der Waals surface area contributed by atoms with E-state index in [2.05, 4.69) is 38.6 Å². The summed E-state index contributed by atoms with van der Waals surface area (Å²) >= 11 is 6.12. The van der Waals surface area contributed by atoms with Gasteiger partial charge in [-0.2, -0.15) is 15.0 Å². The highest BCUT2D eigenvalue weighted by Gasteiger charge is 2.37. The molecule has 1 aromatic rings. The van der Waals surface area contributed by atoms with Crippen molar-refractivity contribution in [3.8, 4) is 0 Å². The first-order valence-electron chi connectivity index (χ1n) is 7.77. The zero-order valence-electron chi connectivity index (χ0n) is 12.6. The van der Waals surface area contributed by atoms with Crippen LogP contribution in [-0.4, -0.2) is 53.3 Å². The molecule has 2 atom stereocenters. The SMILES string of the molecule is CCN(CC)c1nc(Cl)nc(N2CCOC3CCCC32)n1. The number of halogens is 1. The zero-order valence-corrected chi connectivity index (χ0v) is 13.4. The van der Waals surface area contributed by atoms with E-state index < -0.39 is 0 Å². The van der Waals surface area contributed by atoms with E-state index in [0.717, 1.165) is 39.1 Å². The average molecular weight is 312 g/mol. The Kier molecular flexibility index (Phi) is 4.45. The van der Waals surface area contributed by atoms with Crippen LogP contribution in [0.25, 0.3) is 0 Å². The second-order valence-electron chi connectivity index (χ2n) is 5.48. The summed E-state index contributed by atoms with van der Waals surface area (Å²) in [6.07, 6.45) is 3.77. The van der Waals surface area contributed by atoms with Gasteiger partial charge in [0.1, 0.15) is 0 Å². The maximum Gasteiger partial charge on any atom is 0.231 e. The minimum Gasteiger partial charge on any atom is -0.374 e. The van der Waals surface area contributed by atoms with Crippen molar-refractivity contribution < 1.29 is 4.74 Å². The summed E-state index contributed by atoms with van der Waals surface area (Å²) in [6, 6.07) is 0.377. The van der Waals surface area contributed by atoms with Gasteiger partial charge >= 0.3 is 0 Å². The molecule has 1 saturated carbocycles. The fourth-order valence-corrected chi connectivity index (χ4v) is 3.43. The predicted molar refractivity (Wildman–Crippen MR) is 83.1 cm³/mol. The second kappa shape index (κ2) is 6.32. The zero-order chi connectivity index (χ0) is 14.8. The minimum absolute atomic E-state index is 0.267. The quantitative estimate of drug-likeness (QED) is 0.849. The Morgan fingerprint density at radius 3 is 2.81 bits per heavy atom. The summed E-state index contributed by atoms with van der Waals surface area (Å²) in [7, 11) is 0. The molecule has 2 fully saturated rings. The van der Waals surface area contributed by atoms with Crippen LogP contribution >= 0.6 is 11.6 Å². The normalized spacial score (nSPS) is 25.0. The summed E-state index contributed by atoms with van der Waals surface area (Å²) < 4.78 is 5.85. The molecule has 0 bridgehead atoms. The third kappa shape index (κ3) is 2.92. The number of rotatable bonds is 4. The molecule has 2 heterocycles. The van der Waals surface area contributed by atoms with Crippen LogP contribution in [0.3, 0.4) is 0 Å². The van der Waals surface area contributed by atoms with Crippen LogP contribution in [0.5, 0.6) is 0 Å². The Bertz CT molecular complexity index is 496. The first-order valence-corrected chi connectivity index (χ1v) is 8.15. The Hall–Kier alpha value is -1.14. The number of ether oxygens (including phenoxy) is 1. The predicted octanol–water partition coefficient (Wildman–Crippen LogP) is 2.13. The van der Waals surface area contributed by atoms with Crippen LogP contribution in [-0.2, 0) is 4.74 Å². The molecule has 21 heavy (non-hydrogen) atoms. The molecule has 116 valence electrons. The summed E-state index contributed by atoms with van der Waals surface area (Å²) in [4.78, 5) is 17.6.